The monoisotopic (exact) mass is 638 g/mol. The molecule has 2 heterocycles. The molecule has 47 heavy (non-hydrogen) atoms. The summed E-state index contributed by atoms with van der Waals surface area (Å²) in [6.07, 6.45) is 0. The van der Waals surface area contributed by atoms with Crippen LogP contribution in [0.4, 0.5) is 5.69 Å². The van der Waals surface area contributed by atoms with E-state index < -0.39 is 5.37 Å². The zero-order valence-electron chi connectivity index (χ0n) is 27.4. The van der Waals surface area contributed by atoms with Crippen molar-refractivity contribution in [1.29, 1.82) is 0 Å². The van der Waals surface area contributed by atoms with E-state index in [1.807, 2.05) is 48.5 Å². The Kier molecular flexibility index (Phi) is 5.94. The lowest BCUT2D eigenvalue weighted by atomic mass is 9.79. The molecule has 0 fully saturated rings. The van der Waals surface area contributed by atoms with Gasteiger partial charge in [-0.15, -0.1) is 0 Å². The number of hydrogen-bond acceptors (Lipinski definition) is 5. The highest BCUT2D eigenvalue weighted by Gasteiger charge is 2.39. The molecule has 4 amide bonds. The van der Waals surface area contributed by atoms with E-state index in [0.29, 0.717) is 38.7 Å². The second-order valence-corrected chi connectivity index (χ2v) is 15.7. The molecule has 0 saturated heterocycles. The van der Waals surface area contributed by atoms with E-state index in [-0.39, 0.29) is 34.5 Å². The number of hydrogen-bond donors (Lipinski definition) is 1. The van der Waals surface area contributed by atoms with Crippen molar-refractivity contribution >= 4 is 85.0 Å². The highest BCUT2D eigenvalue weighted by Crippen LogP contribution is 2.47. The Labute approximate surface area is 278 Å². The second kappa shape index (κ2) is 9.41. The van der Waals surface area contributed by atoms with E-state index in [4.69, 9.17) is 0 Å². The van der Waals surface area contributed by atoms with Gasteiger partial charge in [-0.3, -0.25) is 24.1 Å². The van der Waals surface area contributed by atoms with Crippen LogP contribution in [0.25, 0.3) is 43.1 Å². The first-order chi connectivity index (χ1) is 22.1. The Balaban J connectivity index is 1.41. The van der Waals surface area contributed by atoms with Crippen LogP contribution in [0.5, 0.6) is 0 Å². The summed E-state index contributed by atoms with van der Waals surface area (Å²) in [6, 6.07) is 21.0. The molecule has 0 aliphatic carbocycles. The summed E-state index contributed by atoms with van der Waals surface area (Å²) in [5.41, 5.74) is 3.94. The summed E-state index contributed by atoms with van der Waals surface area (Å²) in [4.78, 5) is 58.6. The molecule has 2 aliphatic heterocycles. The number of rotatable bonds is 2. The minimum atomic E-state index is -0.577. The average Bonchev–Trinajstić information content (AvgIpc) is 3.00. The Hall–Kier alpha value is -4.75. The van der Waals surface area contributed by atoms with Crippen LogP contribution in [0, 0.1) is 0 Å². The summed E-state index contributed by atoms with van der Waals surface area (Å²) >= 11 is 4.41. The lowest BCUT2D eigenvalue weighted by Gasteiger charge is -2.34. The van der Waals surface area contributed by atoms with E-state index in [9.17, 15) is 19.2 Å². The van der Waals surface area contributed by atoms with Crippen LogP contribution in [-0.2, 0) is 10.8 Å². The Morgan fingerprint density at radius 2 is 0.936 bits per heavy atom. The number of imide groups is 2. The molecule has 0 radical (unpaired) electrons. The normalized spacial score (nSPS) is 16.1. The molecular weight excluding hydrogens is 605 g/mol. The fraction of sp³-hybridized carbons (Fsp3) is 0.250. The topological polar surface area (TPSA) is 74.8 Å². The van der Waals surface area contributed by atoms with Gasteiger partial charge in [-0.05, 0) is 91.5 Å². The lowest BCUT2D eigenvalue weighted by Crippen LogP contribution is -2.43. The van der Waals surface area contributed by atoms with Gasteiger partial charge < -0.3 is 0 Å². The second-order valence-electron chi connectivity index (χ2n) is 14.9. The van der Waals surface area contributed by atoms with E-state index in [2.05, 4.69) is 60.2 Å². The molecule has 7 heteroatoms. The highest BCUT2D eigenvalue weighted by molar-refractivity contribution is 7.80. The van der Waals surface area contributed by atoms with Crippen molar-refractivity contribution in [2.75, 3.05) is 4.90 Å². The third-order valence-electron chi connectivity index (χ3n) is 9.95. The van der Waals surface area contributed by atoms with Gasteiger partial charge in [-0.1, -0.05) is 77.9 Å². The summed E-state index contributed by atoms with van der Waals surface area (Å²) in [5, 5.41) is 5.79. The van der Waals surface area contributed by atoms with Crippen molar-refractivity contribution < 1.29 is 19.2 Å². The molecule has 0 saturated carbocycles. The Bertz CT molecular complexity index is 2320. The molecule has 1 unspecified atom stereocenters. The van der Waals surface area contributed by atoms with Crippen LogP contribution < -0.4 is 4.90 Å². The maximum absolute atomic E-state index is 14.5. The van der Waals surface area contributed by atoms with E-state index >= 15 is 0 Å². The lowest BCUT2D eigenvalue weighted by molar-refractivity contribution is 0.0602. The molecule has 6 aromatic carbocycles. The zero-order chi connectivity index (χ0) is 33.5. The van der Waals surface area contributed by atoms with E-state index in [1.165, 1.54) is 9.80 Å². The molecule has 6 aromatic rings. The van der Waals surface area contributed by atoms with Gasteiger partial charge in [-0.25, -0.2) is 4.90 Å². The number of fused-ring (bicyclic) bond motifs is 2. The van der Waals surface area contributed by atoms with Crippen molar-refractivity contribution in [2.24, 2.45) is 0 Å². The maximum Gasteiger partial charge on any atom is 0.265 e. The molecule has 6 nitrogen and oxygen atoms in total. The molecule has 234 valence electrons. The van der Waals surface area contributed by atoms with Gasteiger partial charge in [0, 0.05) is 33.0 Å². The van der Waals surface area contributed by atoms with Crippen LogP contribution in [0.1, 0.15) is 101 Å². The molecular formula is C40H34N2O4S. The molecule has 1 atom stereocenters. The number of benzene rings is 6. The quantitative estimate of drug-likeness (QED) is 0.0889. The third kappa shape index (κ3) is 3.86. The third-order valence-corrected chi connectivity index (χ3v) is 10.2. The fourth-order valence-corrected chi connectivity index (χ4v) is 7.87. The minimum Gasteiger partial charge on any atom is -0.269 e. The summed E-state index contributed by atoms with van der Waals surface area (Å²) in [5.74, 6) is -1.44. The molecule has 2 aliphatic rings. The van der Waals surface area contributed by atoms with Crippen molar-refractivity contribution in [2.45, 2.75) is 64.7 Å². The maximum atomic E-state index is 14.5. The summed E-state index contributed by atoms with van der Waals surface area (Å²) in [6.45, 7) is 14.3. The number of thiol groups is 1. The van der Waals surface area contributed by atoms with E-state index in [1.54, 1.807) is 19.1 Å². The number of nitrogens with zero attached hydrogens (tertiary/aromatic N) is 2. The van der Waals surface area contributed by atoms with E-state index in [0.717, 1.165) is 43.4 Å². The molecule has 0 bridgehead atoms. The highest BCUT2D eigenvalue weighted by atomic mass is 32.1. The van der Waals surface area contributed by atoms with Crippen molar-refractivity contribution in [1.82, 2.24) is 4.90 Å². The molecule has 0 spiro atoms. The molecule has 0 N–H and O–H groups in total. The number of carbonyl (C=O) groups is 4. The zero-order valence-corrected chi connectivity index (χ0v) is 28.3. The van der Waals surface area contributed by atoms with Crippen LogP contribution >= 0.6 is 12.6 Å². The predicted octanol–water partition coefficient (Wildman–Crippen LogP) is 9.00. The largest absolute Gasteiger partial charge is 0.269 e. The summed E-state index contributed by atoms with van der Waals surface area (Å²) in [7, 11) is 0. The van der Waals surface area contributed by atoms with Gasteiger partial charge in [0.05, 0.1) is 11.1 Å². The van der Waals surface area contributed by atoms with Crippen molar-refractivity contribution in [3.63, 3.8) is 0 Å². The van der Waals surface area contributed by atoms with Crippen molar-refractivity contribution in [3.8, 4) is 0 Å². The minimum absolute atomic E-state index is 0.182. The Morgan fingerprint density at radius 1 is 0.532 bits per heavy atom. The van der Waals surface area contributed by atoms with Crippen LogP contribution in [0.15, 0.2) is 66.7 Å². The smallest absolute Gasteiger partial charge is 0.265 e. The first-order valence-electron chi connectivity index (χ1n) is 15.9. The van der Waals surface area contributed by atoms with Crippen LogP contribution in [0.3, 0.4) is 0 Å². The Morgan fingerprint density at radius 3 is 1.30 bits per heavy atom. The van der Waals surface area contributed by atoms with Gasteiger partial charge >= 0.3 is 0 Å². The van der Waals surface area contributed by atoms with Crippen molar-refractivity contribution in [3.05, 3.63) is 100 Å². The van der Waals surface area contributed by atoms with Gasteiger partial charge in [0.1, 0.15) is 0 Å². The number of amides is 4. The van der Waals surface area contributed by atoms with Gasteiger partial charge in [0.2, 0.25) is 0 Å². The first-order valence-corrected chi connectivity index (χ1v) is 16.4. The average molecular weight is 639 g/mol. The number of anilines is 1. The van der Waals surface area contributed by atoms with Crippen LogP contribution in [0.2, 0.25) is 0 Å². The summed E-state index contributed by atoms with van der Waals surface area (Å²) < 4.78 is 0. The molecule has 0 aromatic heterocycles. The SMILES string of the molecule is CC(S)N1C(=O)c2ccc3c4ccc5c6c(ccc(c7ccc(c2c37)C1=O)c64)C(=O)N(c1cc(C(C)(C)C)ccc1C(C)(C)C)C5=O. The standard InChI is InChI=1S/C40H34N2O4S/c1-19(47)41-35(43)25-13-9-21-23-11-15-27-34-28(16-12-24(32(23)34)22-10-14-26(36(41)44)33(25)31(21)22)38(46)42(37(27)45)30-18-20(39(2,3)4)8-17-29(30)40(5,6)7/h8-19,47H,1-7H3. The first kappa shape index (κ1) is 29.6. The molecule has 8 rings (SSSR count). The van der Waals surface area contributed by atoms with Gasteiger partial charge in [0.15, 0.2) is 0 Å². The fourth-order valence-electron chi connectivity index (χ4n) is 7.66. The van der Waals surface area contributed by atoms with Crippen LogP contribution in [-0.4, -0.2) is 33.9 Å². The van der Waals surface area contributed by atoms with Gasteiger partial charge in [-0.2, -0.15) is 12.6 Å². The predicted molar refractivity (Wildman–Crippen MR) is 192 cm³/mol. The number of carbonyl (C=O) groups excluding carboxylic acids is 4. The van der Waals surface area contributed by atoms with Gasteiger partial charge in [0.25, 0.3) is 23.6 Å².